The number of carbonyl (C=O) groups excluding carboxylic acids is 1. The van der Waals surface area contributed by atoms with Gasteiger partial charge in [0.1, 0.15) is 5.82 Å². The summed E-state index contributed by atoms with van der Waals surface area (Å²) in [5.41, 5.74) is 1.29. The summed E-state index contributed by atoms with van der Waals surface area (Å²) >= 11 is 0. The maximum absolute atomic E-state index is 13.9. The van der Waals surface area contributed by atoms with Crippen LogP contribution in [0.4, 0.5) is 4.39 Å². The lowest BCUT2D eigenvalue weighted by Gasteiger charge is -2.05. The monoisotopic (exact) mass is 245 g/mol. The predicted octanol–water partition coefficient (Wildman–Crippen LogP) is 3.06. The van der Waals surface area contributed by atoms with Gasteiger partial charge in [0, 0.05) is 23.5 Å². The van der Waals surface area contributed by atoms with E-state index in [0.29, 0.717) is 11.1 Å². The van der Waals surface area contributed by atoms with E-state index in [1.165, 1.54) is 6.07 Å². The van der Waals surface area contributed by atoms with E-state index < -0.39 is 11.8 Å². The van der Waals surface area contributed by atoms with E-state index in [2.05, 4.69) is 4.98 Å². The van der Waals surface area contributed by atoms with Gasteiger partial charge >= 0.3 is 5.97 Å². The molecule has 0 aliphatic heterocycles. The van der Waals surface area contributed by atoms with Gasteiger partial charge in [-0.05, 0) is 25.1 Å². The van der Waals surface area contributed by atoms with Crippen LogP contribution < -0.4 is 0 Å². The molecular formula is C14H12FNO2. The Hall–Kier alpha value is -2.23. The molecule has 0 spiro atoms. The van der Waals surface area contributed by atoms with Crippen LogP contribution in [0.3, 0.4) is 0 Å². The standard InChI is InChI=1S/C14H12FNO2/c1-2-18-14(17)10-5-6-12(13(15)8-10)11-4-3-7-16-9-11/h3-9H,2H2,1H3. The zero-order valence-corrected chi connectivity index (χ0v) is 9.89. The Morgan fingerprint density at radius 2 is 2.22 bits per heavy atom. The molecule has 0 aliphatic rings. The number of nitrogens with zero attached hydrogens (tertiary/aromatic N) is 1. The predicted molar refractivity (Wildman–Crippen MR) is 65.6 cm³/mol. The van der Waals surface area contributed by atoms with Gasteiger partial charge in [0.2, 0.25) is 0 Å². The number of aromatic nitrogens is 1. The van der Waals surface area contributed by atoms with Crippen LogP contribution in [0, 0.1) is 5.82 Å². The minimum atomic E-state index is -0.519. The fourth-order valence-corrected chi connectivity index (χ4v) is 1.61. The second kappa shape index (κ2) is 5.40. The molecule has 3 nitrogen and oxygen atoms in total. The number of pyridine rings is 1. The highest BCUT2D eigenvalue weighted by Gasteiger charge is 2.11. The Bertz CT molecular complexity index is 555. The van der Waals surface area contributed by atoms with E-state index >= 15 is 0 Å². The van der Waals surface area contributed by atoms with Crippen molar-refractivity contribution in [2.75, 3.05) is 6.61 Å². The number of esters is 1. The molecule has 0 amide bonds. The first-order valence-corrected chi connectivity index (χ1v) is 5.59. The Labute approximate surface area is 104 Å². The molecule has 0 saturated carbocycles. The van der Waals surface area contributed by atoms with E-state index in [-0.39, 0.29) is 12.2 Å². The summed E-state index contributed by atoms with van der Waals surface area (Å²) in [5.74, 6) is -0.984. The van der Waals surface area contributed by atoms with Crippen molar-refractivity contribution in [2.45, 2.75) is 6.92 Å². The summed E-state index contributed by atoms with van der Waals surface area (Å²) in [6, 6.07) is 7.77. The fourth-order valence-electron chi connectivity index (χ4n) is 1.61. The van der Waals surface area contributed by atoms with Gasteiger partial charge in [0.25, 0.3) is 0 Å². The van der Waals surface area contributed by atoms with Crippen molar-refractivity contribution in [2.24, 2.45) is 0 Å². The van der Waals surface area contributed by atoms with Crippen LogP contribution in [0.1, 0.15) is 17.3 Å². The molecule has 1 aromatic heterocycles. The third kappa shape index (κ3) is 2.53. The summed E-state index contributed by atoms with van der Waals surface area (Å²) in [5, 5.41) is 0. The lowest BCUT2D eigenvalue weighted by molar-refractivity contribution is 0.0526. The van der Waals surface area contributed by atoms with Gasteiger partial charge < -0.3 is 4.74 Å². The number of rotatable bonds is 3. The topological polar surface area (TPSA) is 39.2 Å². The largest absolute Gasteiger partial charge is 0.462 e. The van der Waals surface area contributed by atoms with Crippen molar-refractivity contribution >= 4 is 5.97 Å². The Morgan fingerprint density at radius 3 is 2.83 bits per heavy atom. The van der Waals surface area contributed by atoms with Gasteiger partial charge in [-0.15, -0.1) is 0 Å². The average Bonchev–Trinajstić information content (AvgIpc) is 2.40. The SMILES string of the molecule is CCOC(=O)c1ccc(-c2cccnc2)c(F)c1. The molecule has 0 radical (unpaired) electrons. The quantitative estimate of drug-likeness (QED) is 0.780. The number of ether oxygens (including phenoxy) is 1. The smallest absolute Gasteiger partial charge is 0.338 e. The maximum atomic E-state index is 13.9. The first kappa shape index (κ1) is 12.2. The first-order valence-electron chi connectivity index (χ1n) is 5.59. The zero-order chi connectivity index (χ0) is 13.0. The van der Waals surface area contributed by atoms with Crippen molar-refractivity contribution in [3.8, 4) is 11.1 Å². The van der Waals surface area contributed by atoms with Crippen molar-refractivity contribution in [3.63, 3.8) is 0 Å². The molecule has 0 aliphatic carbocycles. The van der Waals surface area contributed by atoms with Crippen LogP contribution in [0.25, 0.3) is 11.1 Å². The van der Waals surface area contributed by atoms with Gasteiger partial charge in [-0.2, -0.15) is 0 Å². The molecule has 0 saturated heterocycles. The highest BCUT2D eigenvalue weighted by Crippen LogP contribution is 2.22. The summed E-state index contributed by atoms with van der Waals surface area (Å²) in [6.07, 6.45) is 3.19. The third-order valence-corrected chi connectivity index (χ3v) is 2.45. The molecule has 18 heavy (non-hydrogen) atoms. The highest BCUT2D eigenvalue weighted by molar-refractivity contribution is 5.90. The maximum Gasteiger partial charge on any atom is 0.338 e. The summed E-state index contributed by atoms with van der Waals surface area (Å²) in [7, 11) is 0. The number of halogens is 1. The normalized spacial score (nSPS) is 10.1. The van der Waals surface area contributed by atoms with Crippen molar-refractivity contribution in [1.82, 2.24) is 4.98 Å². The van der Waals surface area contributed by atoms with E-state index in [4.69, 9.17) is 4.74 Å². The van der Waals surface area contributed by atoms with E-state index in [1.807, 2.05) is 0 Å². The van der Waals surface area contributed by atoms with Crippen LogP contribution in [0.2, 0.25) is 0 Å². The molecule has 0 fully saturated rings. The van der Waals surface area contributed by atoms with Crippen LogP contribution >= 0.6 is 0 Å². The number of hydrogen-bond donors (Lipinski definition) is 0. The number of hydrogen-bond acceptors (Lipinski definition) is 3. The third-order valence-electron chi connectivity index (χ3n) is 2.45. The first-order chi connectivity index (χ1) is 8.72. The van der Waals surface area contributed by atoms with Gasteiger partial charge in [-0.1, -0.05) is 12.1 Å². The van der Waals surface area contributed by atoms with Gasteiger partial charge in [0.15, 0.2) is 0 Å². The Morgan fingerprint density at radius 1 is 1.39 bits per heavy atom. The lowest BCUT2D eigenvalue weighted by Crippen LogP contribution is -2.05. The molecule has 0 atom stereocenters. The van der Waals surface area contributed by atoms with Crippen LogP contribution in [0.5, 0.6) is 0 Å². The van der Waals surface area contributed by atoms with Crippen molar-refractivity contribution in [3.05, 3.63) is 54.1 Å². The minimum absolute atomic E-state index is 0.210. The number of benzene rings is 1. The molecule has 1 aromatic carbocycles. The van der Waals surface area contributed by atoms with Gasteiger partial charge in [0.05, 0.1) is 12.2 Å². The molecule has 4 heteroatoms. The zero-order valence-electron chi connectivity index (χ0n) is 9.89. The average molecular weight is 245 g/mol. The minimum Gasteiger partial charge on any atom is -0.462 e. The fraction of sp³-hybridized carbons (Fsp3) is 0.143. The molecule has 92 valence electrons. The van der Waals surface area contributed by atoms with Gasteiger partial charge in [-0.25, -0.2) is 9.18 Å². The van der Waals surface area contributed by atoms with E-state index in [1.54, 1.807) is 43.6 Å². The molecule has 0 N–H and O–H groups in total. The van der Waals surface area contributed by atoms with Crippen molar-refractivity contribution in [1.29, 1.82) is 0 Å². The van der Waals surface area contributed by atoms with Crippen LogP contribution in [-0.2, 0) is 4.74 Å². The molecule has 2 rings (SSSR count). The van der Waals surface area contributed by atoms with Gasteiger partial charge in [-0.3, -0.25) is 4.98 Å². The lowest BCUT2D eigenvalue weighted by atomic mass is 10.0. The van der Waals surface area contributed by atoms with E-state index in [9.17, 15) is 9.18 Å². The summed E-state index contributed by atoms with van der Waals surface area (Å²) in [6.45, 7) is 1.98. The second-order valence-corrected chi connectivity index (χ2v) is 3.66. The summed E-state index contributed by atoms with van der Waals surface area (Å²) in [4.78, 5) is 15.4. The molecule has 0 bridgehead atoms. The number of carbonyl (C=O) groups is 1. The Balaban J connectivity index is 2.34. The highest BCUT2D eigenvalue weighted by atomic mass is 19.1. The van der Waals surface area contributed by atoms with Crippen LogP contribution in [0.15, 0.2) is 42.7 Å². The summed E-state index contributed by atoms with van der Waals surface area (Å²) < 4.78 is 18.7. The molecule has 2 aromatic rings. The van der Waals surface area contributed by atoms with Crippen molar-refractivity contribution < 1.29 is 13.9 Å². The molecular weight excluding hydrogens is 233 g/mol. The molecule has 0 unspecified atom stereocenters. The van der Waals surface area contributed by atoms with Crippen LogP contribution in [-0.4, -0.2) is 17.6 Å². The second-order valence-electron chi connectivity index (χ2n) is 3.66. The molecule has 1 heterocycles. The Kier molecular flexibility index (Phi) is 3.67. The van der Waals surface area contributed by atoms with E-state index in [0.717, 1.165) is 0 Å².